The highest BCUT2D eigenvalue weighted by Gasteiger charge is 2.04. The molecule has 10 nitrogen and oxygen atoms in total. The van der Waals surface area contributed by atoms with Crippen molar-refractivity contribution in [3.63, 3.8) is 0 Å². The van der Waals surface area contributed by atoms with E-state index in [1.165, 1.54) is 18.5 Å². The molecule has 0 bridgehead atoms. The molecular formula is C14H21IN8O2. The zero-order valence-corrected chi connectivity index (χ0v) is 16.3. The van der Waals surface area contributed by atoms with Gasteiger partial charge in [-0.3, -0.25) is 19.8 Å². The number of guanidine groups is 1. The van der Waals surface area contributed by atoms with E-state index in [1.54, 1.807) is 23.9 Å². The third-order valence-electron chi connectivity index (χ3n) is 3.27. The molecule has 0 saturated carbocycles. The van der Waals surface area contributed by atoms with Crippen molar-refractivity contribution in [2.24, 2.45) is 12.0 Å². The molecule has 3 N–H and O–H groups in total. The Morgan fingerprint density at radius 1 is 1.28 bits per heavy atom. The van der Waals surface area contributed by atoms with Gasteiger partial charge in [0, 0.05) is 45.0 Å². The molecule has 0 amide bonds. The number of aliphatic imine (C=N–C) groups is 1. The molecule has 0 saturated heterocycles. The standard InChI is InChI=1S/C14H20N8O2.HI/c1-15-14(18-9-13-19-10-20-21(13)2)17-8-7-16-11-3-5-12(6-4-11)22(23)24;/h3-6,10,16H,7-9H2,1-2H3,(H2,15,17,18);1H. The molecule has 1 aromatic heterocycles. The van der Waals surface area contributed by atoms with Crippen LogP contribution in [0.25, 0.3) is 0 Å². The van der Waals surface area contributed by atoms with Gasteiger partial charge in [0.15, 0.2) is 5.96 Å². The SMILES string of the molecule is CN=C(NCCNc1ccc([N+](=O)[O-])cc1)NCc1ncnn1C.I. The van der Waals surface area contributed by atoms with Crippen molar-refractivity contribution < 1.29 is 4.92 Å². The number of aryl methyl sites for hydroxylation is 1. The van der Waals surface area contributed by atoms with Crippen LogP contribution in [-0.2, 0) is 13.6 Å². The summed E-state index contributed by atoms with van der Waals surface area (Å²) in [7, 11) is 3.52. The third kappa shape index (κ3) is 6.52. The summed E-state index contributed by atoms with van der Waals surface area (Å²) in [5, 5.41) is 24.1. The molecule has 0 atom stereocenters. The second kappa shape index (κ2) is 10.4. The van der Waals surface area contributed by atoms with Gasteiger partial charge in [-0.15, -0.1) is 24.0 Å². The smallest absolute Gasteiger partial charge is 0.269 e. The first-order chi connectivity index (χ1) is 11.6. The maximum absolute atomic E-state index is 10.6. The molecule has 0 unspecified atom stereocenters. The number of aromatic nitrogens is 3. The first-order valence-electron chi connectivity index (χ1n) is 7.36. The Morgan fingerprint density at radius 3 is 2.56 bits per heavy atom. The summed E-state index contributed by atoms with van der Waals surface area (Å²) in [5.41, 5.74) is 0.900. The number of nitro benzene ring substituents is 1. The summed E-state index contributed by atoms with van der Waals surface area (Å²) >= 11 is 0. The van der Waals surface area contributed by atoms with E-state index in [0.717, 1.165) is 11.5 Å². The van der Waals surface area contributed by atoms with Crippen LogP contribution < -0.4 is 16.0 Å². The van der Waals surface area contributed by atoms with E-state index in [0.29, 0.717) is 25.6 Å². The topological polar surface area (TPSA) is 122 Å². The Bertz CT molecular complexity index is 701. The van der Waals surface area contributed by atoms with Crippen LogP contribution in [-0.4, -0.2) is 45.8 Å². The monoisotopic (exact) mass is 460 g/mol. The Balaban J connectivity index is 0.00000312. The highest BCUT2D eigenvalue weighted by Crippen LogP contribution is 2.14. The molecule has 0 fully saturated rings. The summed E-state index contributed by atoms with van der Waals surface area (Å²) < 4.78 is 1.69. The summed E-state index contributed by atoms with van der Waals surface area (Å²) in [6, 6.07) is 6.30. The number of nitrogens with zero attached hydrogens (tertiary/aromatic N) is 5. The van der Waals surface area contributed by atoms with Crippen LogP contribution in [0.1, 0.15) is 5.82 Å². The lowest BCUT2D eigenvalue weighted by Gasteiger charge is -2.12. The predicted octanol–water partition coefficient (Wildman–Crippen LogP) is 1.12. The van der Waals surface area contributed by atoms with Gasteiger partial charge in [0.05, 0.1) is 11.5 Å². The molecule has 1 aromatic carbocycles. The van der Waals surface area contributed by atoms with E-state index in [2.05, 4.69) is 31.0 Å². The lowest BCUT2D eigenvalue weighted by atomic mass is 10.3. The molecule has 0 aliphatic carbocycles. The van der Waals surface area contributed by atoms with Gasteiger partial charge < -0.3 is 16.0 Å². The molecule has 11 heteroatoms. The molecule has 0 aliphatic rings. The van der Waals surface area contributed by atoms with Crippen molar-refractivity contribution in [2.45, 2.75) is 6.54 Å². The van der Waals surface area contributed by atoms with Gasteiger partial charge in [-0.25, -0.2) is 4.98 Å². The lowest BCUT2D eigenvalue weighted by Crippen LogP contribution is -2.39. The molecule has 136 valence electrons. The van der Waals surface area contributed by atoms with Crippen LogP contribution in [0.2, 0.25) is 0 Å². The molecular weight excluding hydrogens is 439 g/mol. The Labute approximate surface area is 162 Å². The zero-order chi connectivity index (χ0) is 17.4. The quantitative estimate of drug-likeness (QED) is 0.141. The van der Waals surface area contributed by atoms with Gasteiger partial charge in [0.25, 0.3) is 5.69 Å². The van der Waals surface area contributed by atoms with Gasteiger partial charge in [-0.1, -0.05) is 0 Å². The fraction of sp³-hybridized carbons (Fsp3) is 0.357. The number of halogens is 1. The predicted molar refractivity (Wildman–Crippen MR) is 106 cm³/mol. The van der Waals surface area contributed by atoms with E-state index >= 15 is 0 Å². The Morgan fingerprint density at radius 2 is 2.00 bits per heavy atom. The van der Waals surface area contributed by atoms with Crippen molar-refractivity contribution in [2.75, 3.05) is 25.5 Å². The van der Waals surface area contributed by atoms with Crippen molar-refractivity contribution in [1.82, 2.24) is 25.4 Å². The van der Waals surface area contributed by atoms with Crippen molar-refractivity contribution in [1.29, 1.82) is 0 Å². The van der Waals surface area contributed by atoms with Crippen LogP contribution in [0, 0.1) is 10.1 Å². The molecule has 25 heavy (non-hydrogen) atoms. The summed E-state index contributed by atoms with van der Waals surface area (Å²) in [4.78, 5) is 18.4. The molecule has 2 rings (SSSR count). The van der Waals surface area contributed by atoms with E-state index in [4.69, 9.17) is 0 Å². The second-order valence-electron chi connectivity index (χ2n) is 4.88. The van der Waals surface area contributed by atoms with Crippen LogP contribution >= 0.6 is 24.0 Å². The van der Waals surface area contributed by atoms with Crippen molar-refractivity contribution >= 4 is 41.3 Å². The molecule has 2 aromatic rings. The lowest BCUT2D eigenvalue weighted by molar-refractivity contribution is -0.384. The first-order valence-corrected chi connectivity index (χ1v) is 7.36. The third-order valence-corrected chi connectivity index (χ3v) is 3.27. The number of nitrogens with one attached hydrogen (secondary N) is 3. The number of anilines is 1. The van der Waals surface area contributed by atoms with Crippen LogP contribution in [0.3, 0.4) is 0 Å². The maximum Gasteiger partial charge on any atom is 0.269 e. The van der Waals surface area contributed by atoms with Gasteiger partial charge >= 0.3 is 0 Å². The minimum absolute atomic E-state index is 0. The minimum atomic E-state index is -0.419. The van der Waals surface area contributed by atoms with E-state index in [9.17, 15) is 10.1 Å². The first kappa shape index (κ1) is 20.6. The Hall–Kier alpha value is -2.44. The van der Waals surface area contributed by atoms with Gasteiger partial charge in [0.2, 0.25) is 0 Å². The maximum atomic E-state index is 10.6. The molecule has 0 aliphatic heterocycles. The number of nitro groups is 1. The minimum Gasteiger partial charge on any atom is -0.383 e. The fourth-order valence-electron chi connectivity index (χ4n) is 1.95. The van der Waals surface area contributed by atoms with E-state index in [1.807, 2.05) is 7.05 Å². The zero-order valence-electron chi connectivity index (χ0n) is 14.0. The number of non-ortho nitro benzene ring substituents is 1. The molecule has 0 spiro atoms. The van der Waals surface area contributed by atoms with Crippen LogP contribution in [0.15, 0.2) is 35.6 Å². The summed E-state index contributed by atoms with van der Waals surface area (Å²) in [6.45, 7) is 1.80. The average Bonchev–Trinajstić information content (AvgIpc) is 2.99. The van der Waals surface area contributed by atoms with Gasteiger partial charge in [-0.2, -0.15) is 5.10 Å². The van der Waals surface area contributed by atoms with E-state index < -0.39 is 4.92 Å². The average molecular weight is 460 g/mol. The van der Waals surface area contributed by atoms with Gasteiger partial charge in [-0.05, 0) is 12.1 Å². The van der Waals surface area contributed by atoms with Gasteiger partial charge in [0.1, 0.15) is 12.2 Å². The van der Waals surface area contributed by atoms with E-state index in [-0.39, 0.29) is 29.7 Å². The van der Waals surface area contributed by atoms with Crippen molar-refractivity contribution in [3.8, 4) is 0 Å². The van der Waals surface area contributed by atoms with Crippen molar-refractivity contribution in [3.05, 3.63) is 46.5 Å². The fourth-order valence-corrected chi connectivity index (χ4v) is 1.95. The summed E-state index contributed by atoms with van der Waals surface area (Å²) in [5.74, 6) is 1.46. The number of hydrogen-bond acceptors (Lipinski definition) is 6. The molecule has 0 radical (unpaired) electrons. The highest BCUT2D eigenvalue weighted by molar-refractivity contribution is 14.0. The highest BCUT2D eigenvalue weighted by atomic mass is 127. The largest absolute Gasteiger partial charge is 0.383 e. The van der Waals surface area contributed by atoms with Crippen LogP contribution in [0.4, 0.5) is 11.4 Å². The van der Waals surface area contributed by atoms with Crippen LogP contribution in [0.5, 0.6) is 0 Å². The number of hydrogen-bond donors (Lipinski definition) is 3. The Kier molecular flexibility index (Phi) is 8.60. The normalized spacial score (nSPS) is 10.7. The molecule has 1 heterocycles. The number of benzene rings is 1. The second-order valence-corrected chi connectivity index (χ2v) is 4.88. The summed E-state index contributed by atoms with van der Waals surface area (Å²) in [6.07, 6.45) is 1.50. The number of rotatable bonds is 7.